The first-order valence-electron chi connectivity index (χ1n) is 7.40. The van der Waals surface area contributed by atoms with Gasteiger partial charge in [-0.15, -0.1) is 0 Å². The van der Waals surface area contributed by atoms with Crippen LogP contribution < -0.4 is 5.32 Å². The van der Waals surface area contributed by atoms with Crippen LogP contribution in [0.5, 0.6) is 0 Å². The standard InChI is InChI=1S/C14H28N2O/c1-3-8-16(10-12-5-6-12)14-11-17-9-7-13(14)15-4-2/h12-15H,3-11H2,1-2H3. The predicted molar refractivity (Wildman–Crippen MR) is 71.3 cm³/mol. The van der Waals surface area contributed by atoms with Gasteiger partial charge in [0.05, 0.1) is 6.61 Å². The number of hydrogen-bond acceptors (Lipinski definition) is 3. The molecule has 1 aliphatic heterocycles. The minimum absolute atomic E-state index is 0.601. The Balaban J connectivity index is 1.91. The maximum absolute atomic E-state index is 5.71. The normalized spacial score (nSPS) is 29.8. The number of hydrogen-bond donors (Lipinski definition) is 1. The van der Waals surface area contributed by atoms with Crippen molar-refractivity contribution >= 4 is 0 Å². The minimum Gasteiger partial charge on any atom is -0.380 e. The van der Waals surface area contributed by atoms with Crippen molar-refractivity contribution in [2.45, 2.75) is 51.6 Å². The molecule has 0 aromatic heterocycles. The van der Waals surface area contributed by atoms with Crippen LogP contribution in [-0.4, -0.2) is 49.8 Å². The lowest BCUT2D eigenvalue weighted by Gasteiger charge is -2.40. The Morgan fingerprint density at radius 2 is 2.06 bits per heavy atom. The van der Waals surface area contributed by atoms with Gasteiger partial charge in [-0.2, -0.15) is 0 Å². The van der Waals surface area contributed by atoms with E-state index in [1.165, 1.54) is 38.8 Å². The molecule has 0 aromatic rings. The van der Waals surface area contributed by atoms with Gasteiger partial charge in [0.15, 0.2) is 0 Å². The quantitative estimate of drug-likeness (QED) is 0.735. The molecule has 0 amide bonds. The summed E-state index contributed by atoms with van der Waals surface area (Å²) >= 11 is 0. The third-order valence-corrected chi connectivity index (χ3v) is 3.96. The zero-order valence-electron chi connectivity index (χ0n) is 11.5. The summed E-state index contributed by atoms with van der Waals surface area (Å²) in [5, 5.41) is 3.65. The molecular formula is C14H28N2O. The highest BCUT2D eigenvalue weighted by Crippen LogP contribution is 2.31. The topological polar surface area (TPSA) is 24.5 Å². The lowest BCUT2D eigenvalue weighted by atomic mass is 10.0. The highest BCUT2D eigenvalue weighted by Gasteiger charge is 2.33. The van der Waals surface area contributed by atoms with Crippen molar-refractivity contribution in [1.82, 2.24) is 10.2 Å². The Kier molecular flexibility index (Phi) is 5.26. The Hall–Kier alpha value is -0.120. The minimum atomic E-state index is 0.601. The number of nitrogens with one attached hydrogen (secondary N) is 1. The second kappa shape index (κ2) is 6.72. The summed E-state index contributed by atoms with van der Waals surface area (Å²) in [5.41, 5.74) is 0. The molecule has 17 heavy (non-hydrogen) atoms. The molecule has 2 unspecified atom stereocenters. The van der Waals surface area contributed by atoms with Gasteiger partial charge in [-0.05, 0) is 44.7 Å². The van der Waals surface area contributed by atoms with E-state index < -0.39 is 0 Å². The van der Waals surface area contributed by atoms with E-state index in [-0.39, 0.29) is 0 Å². The highest BCUT2D eigenvalue weighted by molar-refractivity contribution is 4.89. The predicted octanol–water partition coefficient (Wildman–Crippen LogP) is 1.88. The van der Waals surface area contributed by atoms with E-state index in [1.807, 2.05) is 0 Å². The summed E-state index contributed by atoms with van der Waals surface area (Å²) in [4.78, 5) is 2.68. The van der Waals surface area contributed by atoms with Crippen LogP contribution in [-0.2, 0) is 4.74 Å². The van der Waals surface area contributed by atoms with Gasteiger partial charge in [-0.1, -0.05) is 13.8 Å². The van der Waals surface area contributed by atoms with E-state index in [4.69, 9.17) is 4.74 Å². The Bertz CT molecular complexity index is 216. The molecule has 1 saturated heterocycles. The molecule has 1 N–H and O–H groups in total. The van der Waals surface area contributed by atoms with Crippen molar-refractivity contribution in [3.8, 4) is 0 Å². The van der Waals surface area contributed by atoms with E-state index in [9.17, 15) is 0 Å². The van der Waals surface area contributed by atoms with E-state index in [2.05, 4.69) is 24.1 Å². The van der Waals surface area contributed by atoms with E-state index in [0.29, 0.717) is 12.1 Å². The van der Waals surface area contributed by atoms with Crippen molar-refractivity contribution < 1.29 is 4.74 Å². The van der Waals surface area contributed by atoms with Crippen LogP contribution in [0.1, 0.15) is 39.5 Å². The fraction of sp³-hybridized carbons (Fsp3) is 1.00. The van der Waals surface area contributed by atoms with Crippen LogP contribution in [0.4, 0.5) is 0 Å². The molecule has 3 nitrogen and oxygen atoms in total. The van der Waals surface area contributed by atoms with Crippen LogP contribution in [0.2, 0.25) is 0 Å². The van der Waals surface area contributed by atoms with Crippen molar-refractivity contribution in [1.29, 1.82) is 0 Å². The summed E-state index contributed by atoms with van der Waals surface area (Å²) in [7, 11) is 0. The fourth-order valence-corrected chi connectivity index (χ4v) is 2.89. The smallest absolute Gasteiger partial charge is 0.0637 e. The van der Waals surface area contributed by atoms with E-state index >= 15 is 0 Å². The largest absolute Gasteiger partial charge is 0.380 e. The molecule has 100 valence electrons. The molecule has 0 radical (unpaired) electrons. The highest BCUT2D eigenvalue weighted by atomic mass is 16.5. The number of ether oxygens (including phenoxy) is 1. The molecule has 1 aliphatic carbocycles. The number of nitrogens with zero attached hydrogens (tertiary/aromatic N) is 1. The molecule has 1 heterocycles. The van der Waals surface area contributed by atoms with E-state index in [0.717, 1.165) is 25.7 Å². The van der Waals surface area contributed by atoms with Gasteiger partial charge in [-0.25, -0.2) is 0 Å². The van der Waals surface area contributed by atoms with Crippen LogP contribution in [0, 0.1) is 5.92 Å². The van der Waals surface area contributed by atoms with Crippen LogP contribution in [0.15, 0.2) is 0 Å². The SMILES string of the molecule is CCCN(CC1CC1)C1COCCC1NCC. The van der Waals surface area contributed by atoms with Gasteiger partial charge in [-0.3, -0.25) is 4.90 Å². The zero-order valence-corrected chi connectivity index (χ0v) is 11.5. The molecule has 0 spiro atoms. The van der Waals surface area contributed by atoms with Gasteiger partial charge in [0.25, 0.3) is 0 Å². The number of likely N-dealkylation sites (N-methyl/N-ethyl adjacent to an activating group) is 1. The van der Waals surface area contributed by atoms with Crippen molar-refractivity contribution in [3.63, 3.8) is 0 Å². The zero-order chi connectivity index (χ0) is 12.1. The molecule has 1 saturated carbocycles. The van der Waals surface area contributed by atoms with Crippen LogP contribution in [0.25, 0.3) is 0 Å². The maximum atomic E-state index is 5.71. The average Bonchev–Trinajstić information content (AvgIpc) is 3.14. The van der Waals surface area contributed by atoms with Crippen molar-refractivity contribution in [3.05, 3.63) is 0 Å². The molecule has 0 aromatic carbocycles. The molecule has 3 heteroatoms. The molecule has 2 atom stereocenters. The molecule has 0 bridgehead atoms. The van der Waals surface area contributed by atoms with Gasteiger partial charge in [0.2, 0.25) is 0 Å². The van der Waals surface area contributed by atoms with Crippen LogP contribution in [0.3, 0.4) is 0 Å². The molecular weight excluding hydrogens is 212 g/mol. The first-order chi connectivity index (χ1) is 8.35. The lowest BCUT2D eigenvalue weighted by molar-refractivity contribution is -0.00451. The van der Waals surface area contributed by atoms with Gasteiger partial charge in [0.1, 0.15) is 0 Å². The summed E-state index contributed by atoms with van der Waals surface area (Å²) in [6.07, 6.45) is 5.31. The monoisotopic (exact) mass is 240 g/mol. The van der Waals surface area contributed by atoms with Crippen LogP contribution >= 0.6 is 0 Å². The summed E-state index contributed by atoms with van der Waals surface area (Å²) in [6, 6.07) is 1.24. The second-order valence-corrected chi connectivity index (χ2v) is 5.53. The Morgan fingerprint density at radius 3 is 2.71 bits per heavy atom. The summed E-state index contributed by atoms with van der Waals surface area (Å²) < 4.78 is 5.71. The number of rotatable bonds is 7. The Labute approximate surface area is 106 Å². The van der Waals surface area contributed by atoms with E-state index in [1.54, 1.807) is 0 Å². The molecule has 2 rings (SSSR count). The summed E-state index contributed by atoms with van der Waals surface area (Å²) in [6.45, 7) is 9.94. The molecule has 2 aliphatic rings. The first kappa shape index (κ1) is 13.3. The van der Waals surface area contributed by atoms with Gasteiger partial charge in [0, 0.05) is 25.2 Å². The molecule has 2 fully saturated rings. The maximum Gasteiger partial charge on any atom is 0.0637 e. The second-order valence-electron chi connectivity index (χ2n) is 5.53. The summed E-state index contributed by atoms with van der Waals surface area (Å²) in [5.74, 6) is 0.978. The Morgan fingerprint density at radius 1 is 1.24 bits per heavy atom. The fourth-order valence-electron chi connectivity index (χ4n) is 2.89. The average molecular weight is 240 g/mol. The van der Waals surface area contributed by atoms with Gasteiger partial charge >= 0.3 is 0 Å². The third kappa shape index (κ3) is 3.94. The third-order valence-electron chi connectivity index (χ3n) is 3.96. The van der Waals surface area contributed by atoms with Gasteiger partial charge < -0.3 is 10.1 Å². The first-order valence-corrected chi connectivity index (χ1v) is 7.40. The van der Waals surface area contributed by atoms with Crippen molar-refractivity contribution in [2.24, 2.45) is 5.92 Å². The lowest BCUT2D eigenvalue weighted by Crippen LogP contribution is -2.56. The van der Waals surface area contributed by atoms with Crippen molar-refractivity contribution in [2.75, 3.05) is 32.8 Å².